The Labute approximate surface area is 124 Å². The van der Waals surface area contributed by atoms with Crippen LogP contribution in [0, 0.1) is 53.8 Å². The van der Waals surface area contributed by atoms with E-state index in [2.05, 4.69) is 38.1 Å². The first-order valence-electron chi connectivity index (χ1n) is 4.82. The van der Waals surface area contributed by atoms with Gasteiger partial charge in [0.2, 0.25) is 0 Å². The van der Waals surface area contributed by atoms with Crippen LogP contribution in [-0.2, 0) is 0 Å². The third kappa shape index (κ3) is 7.67. The number of benzene rings is 2. The molecule has 1 heteroatoms. The first-order valence-corrected chi connectivity index (χ1v) is 4.82. The van der Waals surface area contributed by atoms with Crippen LogP contribution in [0.5, 0.6) is 0 Å². The normalized spacial score (nSPS) is 8.13. The van der Waals surface area contributed by atoms with Crippen molar-refractivity contribution >= 4 is 0 Å². The van der Waals surface area contributed by atoms with Crippen molar-refractivity contribution in [2.75, 3.05) is 0 Å². The van der Waals surface area contributed by atoms with E-state index < -0.39 is 0 Å². The summed E-state index contributed by atoms with van der Waals surface area (Å²) >= 11 is 0. The van der Waals surface area contributed by atoms with Gasteiger partial charge in [-0.25, -0.2) is 0 Å². The van der Waals surface area contributed by atoms with Crippen LogP contribution in [0.15, 0.2) is 60.7 Å². The second kappa shape index (κ2) is 9.02. The monoisotopic (exact) mass is 342 g/mol. The second-order valence-electron chi connectivity index (χ2n) is 3.31. The van der Waals surface area contributed by atoms with E-state index in [1.807, 2.05) is 36.4 Å². The summed E-state index contributed by atoms with van der Waals surface area (Å²) in [4.78, 5) is 0. The summed E-state index contributed by atoms with van der Waals surface area (Å²) in [5.74, 6) is 0. The molecule has 0 nitrogen and oxygen atoms in total. The number of rotatable bonds is 0. The molecule has 0 spiro atoms. The number of hydrogen-bond acceptors (Lipinski definition) is 0. The van der Waals surface area contributed by atoms with Gasteiger partial charge in [0.05, 0.1) is 0 Å². The molecule has 0 unspecified atom stereocenters. The predicted octanol–water partition coefficient (Wildman–Crippen LogP) is 3.99. The minimum Gasteiger partial charge on any atom is -0.0622 e. The largest absolute Gasteiger partial charge is 0.0622 e. The summed E-state index contributed by atoms with van der Waals surface area (Å²) in [5, 5.41) is 0. The molecule has 0 aromatic heterocycles. The first kappa shape index (κ1) is 14.8. The van der Waals surface area contributed by atoms with Crippen molar-refractivity contribution in [1.82, 2.24) is 0 Å². The molecule has 0 aliphatic heterocycles. The summed E-state index contributed by atoms with van der Waals surface area (Å²) in [6.45, 7) is 4.17. The zero-order chi connectivity index (χ0) is 10.2. The maximum absolute atomic E-state index is 2.08. The Hall–Kier alpha value is -0.235. The molecule has 0 aliphatic rings. The SMILES string of the molecule is Cc1ccccc1.Cc1ccccc1.[Gd]. The molecular formula is C14H16Gd. The molecule has 2 aromatic carbocycles. The van der Waals surface area contributed by atoms with Crippen LogP contribution in [0.4, 0.5) is 0 Å². The van der Waals surface area contributed by atoms with Crippen molar-refractivity contribution in [1.29, 1.82) is 0 Å². The molecule has 0 saturated carbocycles. The van der Waals surface area contributed by atoms with Crippen molar-refractivity contribution in [3.63, 3.8) is 0 Å². The fraction of sp³-hybridized carbons (Fsp3) is 0.143. The number of aryl methyl sites for hydroxylation is 2. The van der Waals surface area contributed by atoms with Gasteiger partial charge in [-0.15, -0.1) is 0 Å². The Morgan fingerprint density at radius 3 is 0.933 bits per heavy atom. The second-order valence-corrected chi connectivity index (χ2v) is 3.31. The van der Waals surface area contributed by atoms with Gasteiger partial charge in [-0.3, -0.25) is 0 Å². The summed E-state index contributed by atoms with van der Waals surface area (Å²) in [6, 6.07) is 20.5. The third-order valence-electron chi connectivity index (χ3n) is 1.88. The van der Waals surface area contributed by atoms with Gasteiger partial charge in [0.1, 0.15) is 0 Å². The molecule has 0 aliphatic carbocycles. The zero-order valence-corrected chi connectivity index (χ0v) is 11.4. The molecule has 0 bridgehead atoms. The summed E-state index contributed by atoms with van der Waals surface area (Å²) in [6.07, 6.45) is 0. The summed E-state index contributed by atoms with van der Waals surface area (Å²) in [7, 11) is 0. The average Bonchev–Trinajstić information content (AvgIpc) is 2.21. The van der Waals surface area contributed by atoms with E-state index in [0.29, 0.717) is 0 Å². The third-order valence-corrected chi connectivity index (χ3v) is 1.88. The molecule has 0 fully saturated rings. The van der Waals surface area contributed by atoms with Gasteiger partial charge < -0.3 is 0 Å². The zero-order valence-electron chi connectivity index (χ0n) is 9.13. The van der Waals surface area contributed by atoms with E-state index in [1.54, 1.807) is 0 Å². The van der Waals surface area contributed by atoms with Gasteiger partial charge in [0.25, 0.3) is 0 Å². The van der Waals surface area contributed by atoms with Crippen molar-refractivity contribution < 1.29 is 39.9 Å². The minimum absolute atomic E-state index is 0. The van der Waals surface area contributed by atoms with Crippen LogP contribution in [-0.4, -0.2) is 0 Å². The van der Waals surface area contributed by atoms with E-state index >= 15 is 0 Å². The quantitative estimate of drug-likeness (QED) is 0.680. The van der Waals surface area contributed by atoms with Gasteiger partial charge >= 0.3 is 0 Å². The molecule has 0 saturated heterocycles. The van der Waals surface area contributed by atoms with Crippen LogP contribution < -0.4 is 0 Å². The molecule has 2 rings (SSSR count). The Kier molecular flexibility index (Phi) is 8.88. The summed E-state index contributed by atoms with van der Waals surface area (Å²) < 4.78 is 0. The van der Waals surface area contributed by atoms with Crippen LogP contribution in [0.2, 0.25) is 0 Å². The Balaban J connectivity index is 0.000000245. The van der Waals surface area contributed by atoms with Crippen LogP contribution in [0.3, 0.4) is 0 Å². The number of hydrogen-bond donors (Lipinski definition) is 0. The topological polar surface area (TPSA) is 0 Å². The van der Waals surface area contributed by atoms with E-state index in [9.17, 15) is 0 Å². The predicted molar refractivity (Wildman–Crippen MR) is 62.4 cm³/mol. The maximum Gasteiger partial charge on any atom is 0 e. The van der Waals surface area contributed by atoms with E-state index in [4.69, 9.17) is 0 Å². The molecular weight excluding hydrogens is 325 g/mol. The van der Waals surface area contributed by atoms with Crippen molar-refractivity contribution in [2.24, 2.45) is 0 Å². The van der Waals surface area contributed by atoms with Gasteiger partial charge in [-0.2, -0.15) is 0 Å². The molecule has 0 amide bonds. The van der Waals surface area contributed by atoms with Crippen molar-refractivity contribution in [2.45, 2.75) is 13.8 Å². The van der Waals surface area contributed by atoms with Gasteiger partial charge in [-0.05, 0) is 13.8 Å². The first-order chi connectivity index (χ1) is 6.79. The van der Waals surface area contributed by atoms with Crippen molar-refractivity contribution in [3.05, 3.63) is 71.8 Å². The van der Waals surface area contributed by atoms with E-state index in [0.717, 1.165) is 0 Å². The van der Waals surface area contributed by atoms with Crippen LogP contribution in [0.25, 0.3) is 0 Å². The molecule has 15 heavy (non-hydrogen) atoms. The summed E-state index contributed by atoms with van der Waals surface area (Å²) in [5.41, 5.74) is 2.64. The smallest absolute Gasteiger partial charge is 0 e. The van der Waals surface area contributed by atoms with E-state index in [-0.39, 0.29) is 39.9 Å². The Bertz CT molecular complexity index is 303. The molecule has 80 valence electrons. The molecule has 0 N–H and O–H groups in total. The molecule has 0 heterocycles. The van der Waals surface area contributed by atoms with E-state index in [1.165, 1.54) is 11.1 Å². The van der Waals surface area contributed by atoms with Gasteiger partial charge in [-0.1, -0.05) is 71.8 Å². The van der Waals surface area contributed by atoms with Crippen LogP contribution >= 0.6 is 0 Å². The Morgan fingerprint density at radius 1 is 0.533 bits per heavy atom. The molecule has 0 radical (unpaired) electrons. The standard InChI is InChI=1S/2C7H8.Gd/c2*1-7-5-3-2-4-6-7;/h2*2-6H,1H3;. The maximum atomic E-state index is 2.08. The molecule has 2 aromatic rings. The molecule has 0 atom stereocenters. The van der Waals surface area contributed by atoms with Crippen LogP contribution in [0.1, 0.15) is 11.1 Å². The fourth-order valence-electron chi connectivity index (χ4n) is 1.07. The Morgan fingerprint density at radius 2 is 0.800 bits per heavy atom. The van der Waals surface area contributed by atoms with Gasteiger partial charge in [0, 0.05) is 39.9 Å². The average molecular weight is 342 g/mol. The van der Waals surface area contributed by atoms with Gasteiger partial charge in [0.15, 0.2) is 0 Å². The minimum atomic E-state index is 0. The van der Waals surface area contributed by atoms with Crippen molar-refractivity contribution in [3.8, 4) is 0 Å². The fourth-order valence-corrected chi connectivity index (χ4v) is 1.07.